The van der Waals surface area contributed by atoms with Gasteiger partial charge in [0.15, 0.2) is 17.3 Å². The summed E-state index contributed by atoms with van der Waals surface area (Å²) < 4.78 is 39.3. The van der Waals surface area contributed by atoms with Gasteiger partial charge in [0.2, 0.25) is 5.95 Å². The lowest BCUT2D eigenvalue weighted by Gasteiger charge is -2.41. The van der Waals surface area contributed by atoms with Gasteiger partial charge in [0.1, 0.15) is 22.8 Å². The number of hydrogen-bond acceptors (Lipinski definition) is 7. The number of nitrogen functional groups attached to an aromatic ring is 1. The van der Waals surface area contributed by atoms with Gasteiger partial charge >= 0.3 is 0 Å². The highest BCUT2D eigenvalue weighted by Crippen LogP contribution is 2.38. The van der Waals surface area contributed by atoms with E-state index in [2.05, 4.69) is 21.9 Å². The summed E-state index contributed by atoms with van der Waals surface area (Å²) in [6.07, 6.45) is 1.62. The highest BCUT2D eigenvalue weighted by Gasteiger charge is 2.32. The van der Waals surface area contributed by atoms with Crippen molar-refractivity contribution in [3.63, 3.8) is 0 Å². The molecule has 9 nitrogen and oxygen atoms in total. The minimum absolute atomic E-state index is 0.0409. The fourth-order valence-corrected chi connectivity index (χ4v) is 4.94. The zero-order valence-corrected chi connectivity index (χ0v) is 20.8. The van der Waals surface area contributed by atoms with Crippen LogP contribution in [-0.4, -0.2) is 65.7 Å². The third-order valence-corrected chi connectivity index (χ3v) is 6.76. The molecule has 37 heavy (non-hydrogen) atoms. The van der Waals surface area contributed by atoms with Crippen molar-refractivity contribution in [1.29, 1.82) is 0 Å². The standard InChI is InChI=1S/C26H28F2N6O3/c1-4-5-16-13-33(25(35)19-11-14-10-15(27)6-7-18(14)30-19)8-9-34(16)26-31-22-17(24(29)32-26)12-20(36-2)23(37-3)21(22)28/h6-7,10-12,16,30H,4-5,8-9,13H2,1-3H3,(H2,29,31,32). The molecule has 11 heteroatoms. The van der Waals surface area contributed by atoms with Crippen LogP contribution in [-0.2, 0) is 0 Å². The lowest BCUT2D eigenvalue weighted by Crippen LogP contribution is -2.55. The van der Waals surface area contributed by atoms with Gasteiger partial charge < -0.3 is 30.0 Å². The van der Waals surface area contributed by atoms with Gasteiger partial charge in [0.05, 0.1) is 14.2 Å². The number of benzene rings is 2. The van der Waals surface area contributed by atoms with Crippen LogP contribution in [0.2, 0.25) is 0 Å². The molecule has 5 rings (SSSR count). The first-order valence-corrected chi connectivity index (χ1v) is 12.1. The summed E-state index contributed by atoms with van der Waals surface area (Å²) in [5.41, 5.74) is 7.37. The number of anilines is 2. The summed E-state index contributed by atoms with van der Waals surface area (Å²) in [5, 5.41) is 0.969. The van der Waals surface area contributed by atoms with Crippen molar-refractivity contribution in [1.82, 2.24) is 19.9 Å². The molecule has 3 heterocycles. The molecule has 1 aliphatic heterocycles. The SMILES string of the molecule is CCCC1CN(C(=O)c2cc3cc(F)ccc3[nH]2)CCN1c1nc(N)c2cc(OC)c(OC)c(F)c2n1. The second-order valence-electron chi connectivity index (χ2n) is 9.03. The Bertz CT molecular complexity index is 1490. The number of methoxy groups -OCH3 is 2. The number of nitrogens with two attached hydrogens (primary N) is 1. The molecule has 2 aromatic heterocycles. The number of carbonyl (C=O) groups excluding carboxylic acids is 1. The van der Waals surface area contributed by atoms with Crippen molar-refractivity contribution in [2.45, 2.75) is 25.8 Å². The summed E-state index contributed by atoms with van der Waals surface area (Å²) in [5.74, 6) is -0.641. The number of nitrogens with one attached hydrogen (secondary N) is 1. The second-order valence-corrected chi connectivity index (χ2v) is 9.03. The minimum Gasteiger partial charge on any atom is -0.493 e. The maximum Gasteiger partial charge on any atom is 0.270 e. The van der Waals surface area contributed by atoms with Gasteiger partial charge in [-0.05, 0) is 36.8 Å². The summed E-state index contributed by atoms with van der Waals surface area (Å²) in [6.45, 7) is 3.31. The lowest BCUT2D eigenvalue weighted by atomic mass is 10.1. The van der Waals surface area contributed by atoms with Crippen LogP contribution in [0.1, 0.15) is 30.3 Å². The Hall–Kier alpha value is -4.15. The molecule has 0 aliphatic carbocycles. The number of piperazine rings is 1. The third kappa shape index (κ3) is 4.34. The quantitative estimate of drug-likeness (QED) is 0.402. The van der Waals surface area contributed by atoms with E-state index in [1.165, 1.54) is 26.4 Å². The Morgan fingerprint density at radius 3 is 2.70 bits per heavy atom. The van der Waals surface area contributed by atoms with E-state index in [1.807, 2.05) is 4.90 Å². The fourth-order valence-electron chi connectivity index (χ4n) is 4.94. The number of nitrogens with zero attached hydrogens (tertiary/aromatic N) is 4. The number of ether oxygens (including phenoxy) is 2. The molecule has 3 N–H and O–H groups in total. The molecule has 194 valence electrons. The molecule has 1 saturated heterocycles. The van der Waals surface area contributed by atoms with E-state index in [9.17, 15) is 9.18 Å². The normalized spacial score (nSPS) is 16.0. The van der Waals surface area contributed by atoms with Gasteiger partial charge in [-0.15, -0.1) is 0 Å². The number of H-pyrrole nitrogens is 1. The molecule has 0 saturated carbocycles. The van der Waals surface area contributed by atoms with Crippen LogP contribution in [0.25, 0.3) is 21.8 Å². The van der Waals surface area contributed by atoms with E-state index in [4.69, 9.17) is 15.2 Å². The predicted molar refractivity (Wildman–Crippen MR) is 137 cm³/mol. The first kappa shape index (κ1) is 24.5. The van der Waals surface area contributed by atoms with Crippen LogP contribution in [0.5, 0.6) is 11.5 Å². The monoisotopic (exact) mass is 510 g/mol. The molecule has 1 amide bonds. The largest absolute Gasteiger partial charge is 0.493 e. The summed E-state index contributed by atoms with van der Waals surface area (Å²) in [4.78, 5) is 29.1. The molecular formula is C26H28F2N6O3. The molecule has 1 fully saturated rings. The Labute approximate surface area is 212 Å². The van der Waals surface area contributed by atoms with Gasteiger partial charge in [-0.1, -0.05) is 13.3 Å². The molecule has 1 atom stereocenters. The highest BCUT2D eigenvalue weighted by atomic mass is 19.1. The van der Waals surface area contributed by atoms with Gasteiger partial charge in [0, 0.05) is 42.0 Å². The van der Waals surface area contributed by atoms with Crippen molar-refractivity contribution in [3.8, 4) is 11.5 Å². The van der Waals surface area contributed by atoms with Crippen LogP contribution >= 0.6 is 0 Å². The summed E-state index contributed by atoms with van der Waals surface area (Å²) >= 11 is 0. The Kier molecular flexibility index (Phi) is 6.45. The van der Waals surface area contributed by atoms with E-state index >= 15 is 4.39 Å². The van der Waals surface area contributed by atoms with E-state index < -0.39 is 5.82 Å². The number of halogens is 2. The molecule has 1 unspecified atom stereocenters. The first-order valence-electron chi connectivity index (χ1n) is 12.1. The minimum atomic E-state index is -0.677. The van der Waals surface area contributed by atoms with Crippen LogP contribution in [0.3, 0.4) is 0 Å². The van der Waals surface area contributed by atoms with E-state index in [-0.39, 0.29) is 40.6 Å². The van der Waals surface area contributed by atoms with Crippen molar-refractivity contribution >= 4 is 39.5 Å². The van der Waals surface area contributed by atoms with Gasteiger partial charge in [-0.2, -0.15) is 4.98 Å². The summed E-state index contributed by atoms with van der Waals surface area (Å²) in [6, 6.07) is 7.48. The van der Waals surface area contributed by atoms with Crippen molar-refractivity contribution in [2.24, 2.45) is 0 Å². The maximum atomic E-state index is 15.3. The number of aromatic nitrogens is 3. The zero-order chi connectivity index (χ0) is 26.3. The zero-order valence-electron chi connectivity index (χ0n) is 20.8. The van der Waals surface area contributed by atoms with E-state index in [1.54, 1.807) is 23.1 Å². The third-order valence-electron chi connectivity index (χ3n) is 6.76. The van der Waals surface area contributed by atoms with Gasteiger partial charge in [-0.25, -0.2) is 13.8 Å². The number of rotatable bonds is 6. The highest BCUT2D eigenvalue weighted by molar-refractivity contribution is 5.98. The smallest absolute Gasteiger partial charge is 0.270 e. The van der Waals surface area contributed by atoms with Crippen LogP contribution < -0.4 is 20.1 Å². The van der Waals surface area contributed by atoms with Crippen molar-refractivity contribution in [3.05, 3.63) is 47.7 Å². The summed E-state index contributed by atoms with van der Waals surface area (Å²) in [7, 11) is 2.77. The molecular weight excluding hydrogens is 482 g/mol. The number of fused-ring (bicyclic) bond motifs is 2. The Morgan fingerprint density at radius 2 is 1.97 bits per heavy atom. The van der Waals surface area contributed by atoms with Crippen LogP contribution in [0.4, 0.5) is 20.5 Å². The Morgan fingerprint density at radius 1 is 1.16 bits per heavy atom. The van der Waals surface area contributed by atoms with Gasteiger partial charge in [-0.3, -0.25) is 4.79 Å². The lowest BCUT2D eigenvalue weighted by molar-refractivity contribution is 0.0713. The average molecular weight is 511 g/mol. The maximum absolute atomic E-state index is 15.3. The fraction of sp³-hybridized carbons (Fsp3) is 0.346. The molecule has 4 aromatic rings. The predicted octanol–water partition coefficient (Wildman–Crippen LogP) is 4.12. The topological polar surface area (TPSA) is 110 Å². The first-order chi connectivity index (χ1) is 17.8. The average Bonchev–Trinajstić information content (AvgIpc) is 3.31. The van der Waals surface area contributed by atoms with Crippen molar-refractivity contribution < 1.29 is 23.0 Å². The molecule has 0 radical (unpaired) electrons. The molecule has 1 aliphatic rings. The van der Waals surface area contributed by atoms with Crippen LogP contribution in [0, 0.1) is 11.6 Å². The number of carbonyl (C=O) groups is 1. The van der Waals surface area contributed by atoms with Crippen molar-refractivity contribution in [2.75, 3.05) is 44.5 Å². The van der Waals surface area contributed by atoms with Crippen LogP contribution in [0.15, 0.2) is 30.3 Å². The van der Waals surface area contributed by atoms with Gasteiger partial charge in [0.25, 0.3) is 5.91 Å². The van der Waals surface area contributed by atoms with E-state index in [0.29, 0.717) is 47.6 Å². The second kappa shape index (κ2) is 9.72. The number of hydrogen-bond donors (Lipinski definition) is 2. The molecule has 2 aromatic carbocycles. The number of amides is 1. The molecule has 0 bridgehead atoms. The molecule has 0 spiro atoms. The Balaban J connectivity index is 1.45. The van der Waals surface area contributed by atoms with E-state index in [0.717, 1.165) is 12.8 Å². The number of aromatic amines is 1.